The summed E-state index contributed by atoms with van der Waals surface area (Å²) in [4.78, 5) is 13.5. The van der Waals surface area contributed by atoms with Crippen LogP contribution < -0.4 is 10.1 Å². The Labute approximate surface area is 131 Å². The van der Waals surface area contributed by atoms with Crippen LogP contribution >= 0.6 is 0 Å². The van der Waals surface area contributed by atoms with E-state index in [9.17, 15) is 13.2 Å². The van der Waals surface area contributed by atoms with Crippen LogP contribution in [0, 0.1) is 6.92 Å². The van der Waals surface area contributed by atoms with Gasteiger partial charge in [-0.3, -0.25) is 0 Å². The number of urea groups is 1. The normalized spacial score (nSPS) is 19.6. The number of benzene rings is 1. The molecule has 2 rings (SSSR count). The number of rotatable bonds is 5. The molecule has 0 saturated carbocycles. The van der Waals surface area contributed by atoms with Gasteiger partial charge in [-0.25, -0.2) is 13.2 Å². The Morgan fingerprint density at radius 2 is 2.14 bits per heavy atom. The van der Waals surface area contributed by atoms with Gasteiger partial charge in [-0.1, -0.05) is 18.2 Å². The molecule has 22 heavy (non-hydrogen) atoms. The van der Waals surface area contributed by atoms with Gasteiger partial charge in [0.2, 0.25) is 0 Å². The van der Waals surface area contributed by atoms with Crippen LogP contribution in [0.3, 0.4) is 0 Å². The molecule has 0 spiro atoms. The van der Waals surface area contributed by atoms with E-state index in [0.717, 1.165) is 11.3 Å². The molecule has 1 N–H and O–H groups in total. The Balaban J connectivity index is 1.73. The maximum atomic E-state index is 12.0. The van der Waals surface area contributed by atoms with E-state index in [2.05, 4.69) is 5.32 Å². The Morgan fingerprint density at radius 3 is 2.77 bits per heavy atom. The zero-order valence-corrected chi connectivity index (χ0v) is 13.7. The lowest BCUT2D eigenvalue weighted by molar-refractivity contribution is 0.192. The van der Waals surface area contributed by atoms with E-state index in [1.807, 2.05) is 31.2 Å². The number of amides is 2. The van der Waals surface area contributed by atoms with Crippen LogP contribution in [0.5, 0.6) is 5.75 Å². The fraction of sp³-hybridized carbons (Fsp3) is 0.533. The van der Waals surface area contributed by atoms with Crippen LogP contribution in [0.15, 0.2) is 24.3 Å². The summed E-state index contributed by atoms with van der Waals surface area (Å²) in [6.07, 6.45) is 0.506. The van der Waals surface area contributed by atoms with Crippen molar-refractivity contribution in [1.82, 2.24) is 10.2 Å². The van der Waals surface area contributed by atoms with Crippen LogP contribution in [0.2, 0.25) is 0 Å². The first-order valence-electron chi connectivity index (χ1n) is 7.28. The molecule has 0 aliphatic carbocycles. The topological polar surface area (TPSA) is 75.7 Å². The van der Waals surface area contributed by atoms with Crippen LogP contribution in [0.4, 0.5) is 4.79 Å². The summed E-state index contributed by atoms with van der Waals surface area (Å²) in [6, 6.07) is 7.18. The van der Waals surface area contributed by atoms with Crippen molar-refractivity contribution >= 4 is 15.9 Å². The molecule has 1 fully saturated rings. The van der Waals surface area contributed by atoms with Gasteiger partial charge >= 0.3 is 6.03 Å². The first kappa shape index (κ1) is 16.6. The molecule has 1 saturated heterocycles. The molecule has 0 radical (unpaired) electrons. The lowest BCUT2D eigenvalue weighted by Crippen LogP contribution is -2.45. The van der Waals surface area contributed by atoms with Crippen molar-refractivity contribution in [1.29, 1.82) is 0 Å². The van der Waals surface area contributed by atoms with Gasteiger partial charge in [0.05, 0.1) is 18.1 Å². The Morgan fingerprint density at radius 1 is 1.41 bits per heavy atom. The van der Waals surface area contributed by atoms with Gasteiger partial charge < -0.3 is 15.0 Å². The summed E-state index contributed by atoms with van der Waals surface area (Å²) in [7, 11) is -1.36. The second-order valence-corrected chi connectivity index (χ2v) is 7.74. The lowest BCUT2D eigenvalue weighted by atomic mass is 10.2. The van der Waals surface area contributed by atoms with E-state index < -0.39 is 9.84 Å². The number of carbonyl (C=O) groups is 1. The first-order chi connectivity index (χ1) is 10.4. The molecule has 1 aromatic carbocycles. The molecule has 6 nitrogen and oxygen atoms in total. The van der Waals surface area contributed by atoms with Gasteiger partial charge in [-0.2, -0.15) is 0 Å². The molecular weight excluding hydrogens is 304 g/mol. The van der Waals surface area contributed by atoms with Crippen LogP contribution in [0.1, 0.15) is 12.0 Å². The largest absolute Gasteiger partial charge is 0.491 e. The number of sulfone groups is 1. The third-order valence-corrected chi connectivity index (χ3v) is 5.56. The van der Waals surface area contributed by atoms with Crippen LogP contribution in [-0.4, -0.2) is 57.1 Å². The molecule has 7 heteroatoms. The highest BCUT2D eigenvalue weighted by atomic mass is 32.2. The molecular formula is C15H22N2O4S. The summed E-state index contributed by atoms with van der Waals surface area (Å²) < 4.78 is 28.5. The average Bonchev–Trinajstić information content (AvgIpc) is 2.84. The number of ether oxygens (including phenoxy) is 1. The SMILES string of the molecule is Cc1ccccc1OCCNC(=O)N(C)C1CCS(=O)(=O)C1. The molecule has 1 aliphatic heterocycles. The highest BCUT2D eigenvalue weighted by molar-refractivity contribution is 7.91. The number of nitrogens with zero attached hydrogens (tertiary/aromatic N) is 1. The van der Waals surface area contributed by atoms with Crippen molar-refractivity contribution in [2.24, 2.45) is 0 Å². The van der Waals surface area contributed by atoms with E-state index in [0.29, 0.717) is 19.6 Å². The Bertz CT molecular complexity index is 630. The Hall–Kier alpha value is -1.76. The predicted molar refractivity (Wildman–Crippen MR) is 84.9 cm³/mol. The third kappa shape index (κ3) is 4.37. The van der Waals surface area contributed by atoms with Crippen molar-refractivity contribution in [3.8, 4) is 5.75 Å². The number of hydrogen-bond donors (Lipinski definition) is 1. The van der Waals surface area contributed by atoms with Gasteiger partial charge in [0, 0.05) is 13.1 Å². The maximum Gasteiger partial charge on any atom is 0.317 e. The quantitative estimate of drug-likeness (QED) is 0.825. The van der Waals surface area contributed by atoms with Crippen molar-refractivity contribution < 1.29 is 17.9 Å². The lowest BCUT2D eigenvalue weighted by Gasteiger charge is -2.23. The minimum atomic E-state index is -2.99. The monoisotopic (exact) mass is 326 g/mol. The fourth-order valence-electron chi connectivity index (χ4n) is 2.41. The molecule has 0 aromatic heterocycles. The molecule has 1 atom stereocenters. The third-order valence-electron chi connectivity index (χ3n) is 3.81. The number of hydrogen-bond acceptors (Lipinski definition) is 4. The van der Waals surface area contributed by atoms with Crippen molar-refractivity contribution in [2.45, 2.75) is 19.4 Å². The number of para-hydroxylation sites is 1. The minimum absolute atomic E-state index is 0.0522. The Kier molecular flexibility index (Phi) is 5.28. The highest BCUT2D eigenvalue weighted by Gasteiger charge is 2.32. The zero-order valence-electron chi connectivity index (χ0n) is 12.9. The molecule has 122 valence electrons. The van der Waals surface area contributed by atoms with Gasteiger partial charge in [0.15, 0.2) is 9.84 Å². The van der Waals surface area contributed by atoms with Crippen LogP contribution in [0.25, 0.3) is 0 Å². The van der Waals surface area contributed by atoms with E-state index in [1.165, 1.54) is 4.90 Å². The second kappa shape index (κ2) is 7.00. The van der Waals surface area contributed by atoms with Gasteiger partial charge in [-0.05, 0) is 25.0 Å². The van der Waals surface area contributed by atoms with Gasteiger partial charge in [0.25, 0.3) is 0 Å². The van der Waals surface area contributed by atoms with Gasteiger partial charge in [-0.15, -0.1) is 0 Å². The number of carbonyl (C=O) groups excluding carboxylic acids is 1. The standard InChI is InChI=1S/C15H22N2O4S/c1-12-5-3-4-6-14(12)21-9-8-16-15(18)17(2)13-7-10-22(19,20)11-13/h3-6,13H,7-11H2,1-2H3,(H,16,18). The van der Waals surface area contributed by atoms with Crippen molar-refractivity contribution in [2.75, 3.05) is 31.7 Å². The van der Waals surface area contributed by atoms with E-state index >= 15 is 0 Å². The number of aryl methyl sites for hydroxylation is 1. The predicted octanol–water partition coefficient (Wildman–Crippen LogP) is 1.20. The first-order valence-corrected chi connectivity index (χ1v) is 9.11. The summed E-state index contributed by atoms with van der Waals surface area (Å²) in [5.74, 6) is 1.01. The molecule has 1 unspecified atom stereocenters. The zero-order chi connectivity index (χ0) is 16.2. The summed E-state index contributed by atoms with van der Waals surface area (Å²) in [6.45, 7) is 2.70. The second-order valence-electron chi connectivity index (χ2n) is 5.51. The summed E-state index contributed by atoms with van der Waals surface area (Å²) in [5, 5.41) is 2.74. The summed E-state index contributed by atoms with van der Waals surface area (Å²) >= 11 is 0. The van der Waals surface area contributed by atoms with Gasteiger partial charge in [0.1, 0.15) is 12.4 Å². The smallest absolute Gasteiger partial charge is 0.317 e. The molecule has 1 aromatic rings. The highest BCUT2D eigenvalue weighted by Crippen LogP contribution is 2.17. The maximum absolute atomic E-state index is 12.0. The fourth-order valence-corrected chi connectivity index (χ4v) is 4.18. The molecule has 2 amide bonds. The molecule has 1 heterocycles. The molecule has 0 bridgehead atoms. The number of nitrogens with one attached hydrogen (secondary N) is 1. The minimum Gasteiger partial charge on any atom is -0.491 e. The molecule has 1 aliphatic rings. The van der Waals surface area contributed by atoms with Crippen LogP contribution in [-0.2, 0) is 9.84 Å². The van der Waals surface area contributed by atoms with Crippen molar-refractivity contribution in [3.63, 3.8) is 0 Å². The average molecular weight is 326 g/mol. The summed E-state index contributed by atoms with van der Waals surface area (Å²) in [5.41, 5.74) is 1.04. The van der Waals surface area contributed by atoms with E-state index in [4.69, 9.17) is 4.74 Å². The van der Waals surface area contributed by atoms with E-state index in [-0.39, 0.29) is 23.6 Å². The van der Waals surface area contributed by atoms with Crippen molar-refractivity contribution in [3.05, 3.63) is 29.8 Å². The van der Waals surface area contributed by atoms with E-state index in [1.54, 1.807) is 7.05 Å².